The van der Waals surface area contributed by atoms with Crippen LogP contribution in [-0.4, -0.2) is 45.3 Å². The Kier molecular flexibility index (Phi) is 8.21. The molecule has 0 amide bonds. The van der Waals surface area contributed by atoms with Crippen LogP contribution in [0.1, 0.15) is 6.92 Å². The van der Waals surface area contributed by atoms with Crippen LogP contribution >= 0.6 is 47.5 Å². The van der Waals surface area contributed by atoms with Gasteiger partial charge in [-0.25, -0.2) is 4.79 Å². The number of thiocarbonyl (C=S) groups is 1. The van der Waals surface area contributed by atoms with Gasteiger partial charge in [-0.3, -0.25) is 0 Å². The summed E-state index contributed by atoms with van der Waals surface area (Å²) in [6.07, 6.45) is 0. The number of hydrogen-bond donors (Lipinski definition) is 1. The van der Waals surface area contributed by atoms with Crippen molar-refractivity contribution in [1.29, 1.82) is 0 Å². The SMILES string of the molecule is C=C(C)C(=O)OCCNC(=S)SC1CSCSC1. The largest absolute Gasteiger partial charge is 0.460 e. The standard InChI is InChI=1S/C11H17NO2S4/c1-8(2)10(13)14-4-3-12-11(15)18-9-5-16-7-17-6-9/h9H,1,3-7H2,2H3,(H,12,15). The van der Waals surface area contributed by atoms with Crippen molar-refractivity contribution in [2.24, 2.45) is 0 Å². The number of rotatable bonds is 5. The molecule has 1 fully saturated rings. The van der Waals surface area contributed by atoms with Gasteiger partial charge >= 0.3 is 5.97 Å². The molecule has 7 heteroatoms. The summed E-state index contributed by atoms with van der Waals surface area (Å²) in [6.45, 7) is 6.02. The van der Waals surface area contributed by atoms with E-state index in [2.05, 4.69) is 11.9 Å². The zero-order valence-electron chi connectivity index (χ0n) is 10.3. The van der Waals surface area contributed by atoms with Gasteiger partial charge in [0.05, 0.1) is 6.54 Å². The van der Waals surface area contributed by atoms with Crippen molar-refractivity contribution in [1.82, 2.24) is 5.32 Å². The summed E-state index contributed by atoms with van der Waals surface area (Å²) in [5, 5.41) is 4.87. The lowest BCUT2D eigenvalue weighted by Crippen LogP contribution is -2.28. The van der Waals surface area contributed by atoms with Crippen LogP contribution in [0.2, 0.25) is 0 Å². The van der Waals surface area contributed by atoms with Gasteiger partial charge in [0, 0.05) is 27.4 Å². The number of thioether (sulfide) groups is 3. The second-order valence-corrected chi connectivity index (χ2v) is 8.13. The summed E-state index contributed by atoms with van der Waals surface area (Å²) >= 11 is 10.9. The van der Waals surface area contributed by atoms with Gasteiger partial charge in [0.15, 0.2) is 0 Å². The van der Waals surface area contributed by atoms with Crippen LogP contribution in [0.3, 0.4) is 0 Å². The molecule has 1 heterocycles. The van der Waals surface area contributed by atoms with Gasteiger partial charge in [-0.2, -0.15) is 0 Å². The molecule has 0 bridgehead atoms. The normalized spacial score (nSPS) is 16.1. The van der Waals surface area contributed by atoms with Crippen molar-refractivity contribution in [3.05, 3.63) is 12.2 Å². The smallest absolute Gasteiger partial charge is 0.333 e. The third-order valence-corrected chi connectivity index (χ3v) is 6.49. The summed E-state index contributed by atoms with van der Waals surface area (Å²) in [4.78, 5) is 11.1. The fourth-order valence-electron chi connectivity index (χ4n) is 1.15. The third kappa shape index (κ3) is 6.92. The minimum Gasteiger partial charge on any atom is -0.460 e. The van der Waals surface area contributed by atoms with E-state index in [4.69, 9.17) is 17.0 Å². The monoisotopic (exact) mass is 323 g/mol. The van der Waals surface area contributed by atoms with Crippen molar-refractivity contribution >= 4 is 57.8 Å². The molecule has 0 saturated carbocycles. The first-order valence-electron chi connectivity index (χ1n) is 5.52. The molecule has 0 aromatic carbocycles. The number of carbonyl (C=O) groups excluding carboxylic acids is 1. The molecule has 0 spiro atoms. The molecule has 1 aliphatic heterocycles. The predicted molar refractivity (Wildman–Crippen MR) is 87.5 cm³/mol. The zero-order valence-corrected chi connectivity index (χ0v) is 13.5. The van der Waals surface area contributed by atoms with Crippen molar-refractivity contribution in [2.75, 3.05) is 29.7 Å². The maximum Gasteiger partial charge on any atom is 0.333 e. The van der Waals surface area contributed by atoms with Crippen molar-refractivity contribution in [2.45, 2.75) is 12.2 Å². The van der Waals surface area contributed by atoms with Crippen LogP contribution in [0, 0.1) is 0 Å². The third-order valence-electron chi connectivity index (χ3n) is 2.00. The average Bonchev–Trinajstić information content (AvgIpc) is 2.35. The lowest BCUT2D eigenvalue weighted by molar-refractivity contribution is -0.138. The molecule has 0 aliphatic carbocycles. The van der Waals surface area contributed by atoms with Crippen molar-refractivity contribution in [3.63, 3.8) is 0 Å². The lowest BCUT2D eigenvalue weighted by Gasteiger charge is -2.20. The van der Waals surface area contributed by atoms with E-state index in [9.17, 15) is 4.79 Å². The van der Waals surface area contributed by atoms with Gasteiger partial charge in [-0.05, 0) is 6.92 Å². The van der Waals surface area contributed by atoms with Gasteiger partial charge < -0.3 is 10.1 Å². The number of nitrogens with one attached hydrogen (secondary N) is 1. The van der Waals surface area contributed by atoms with E-state index in [0.29, 0.717) is 24.0 Å². The first-order chi connectivity index (χ1) is 8.59. The zero-order chi connectivity index (χ0) is 13.4. The molecule has 3 nitrogen and oxygen atoms in total. The lowest BCUT2D eigenvalue weighted by atomic mass is 10.4. The molecule has 0 radical (unpaired) electrons. The van der Waals surface area contributed by atoms with Crippen molar-refractivity contribution < 1.29 is 9.53 Å². The topological polar surface area (TPSA) is 38.3 Å². The van der Waals surface area contributed by atoms with Gasteiger partial charge in [0.1, 0.15) is 10.9 Å². The highest BCUT2D eigenvalue weighted by Crippen LogP contribution is 2.29. The molecule has 1 aliphatic rings. The van der Waals surface area contributed by atoms with Crippen LogP contribution < -0.4 is 5.32 Å². The van der Waals surface area contributed by atoms with Gasteiger partial charge in [0.2, 0.25) is 0 Å². The molecule has 0 atom stereocenters. The maximum atomic E-state index is 11.1. The molecule has 1 saturated heterocycles. The average molecular weight is 324 g/mol. The second-order valence-electron chi connectivity index (χ2n) is 3.73. The number of esters is 1. The first-order valence-corrected chi connectivity index (χ1v) is 9.12. The van der Waals surface area contributed by atoms with Crippen LogP contribution in [0.4, 0.5) is 0 Å². The first kappa shape index (κ1) is 16.2. The molecule has 0 aromatic heterocycles. The summed E-state index contributed by atoms with van der Waals surface area (Å²) in [6, 6.07) is 0. The Labute approximate surface area is 126 Å². The van der Waals surface area contributed by atoms with Crippen LogP contribution in [0.25, 0.3) is 0 Å². The quantitative estimate of drug-likeness (QED) is 0.361. The molecule has 102 valence electrons. The Morgan fingerprint density at radius 2 is 2.22 bits per heavy atom. The Hall–Kier alpha value is 0.150. The number of carbonyl (C=O) groups is 1. The fraction of sp³-hybridized carbons (Fsp3) is 0.636. The summed E-state index contributed by atoms with van der Waals surface area (Å²) in [5.41, 5.74) is 0.420. The molecule has 1 rings (SSSR count). The Morgan fingerprint density at radius 3 is 2.83 bits per heavy atom. The Morgan fingerprint density at radius 1 is 1.56 bits per heavy atom. The molecule has 0 unspecified atom stereocenters. The van der Waals surface area contributed by atoms with Gasteiger partial charge in [-0.15, -0.1) is 23.5 Å². The van der Waals surface area contributed by atoms with E-state index in [1.54, 1.807) is 18.7 Å². The van der Waals surface area contributed by atoms with E-state index < -0.39 is 0 Å². The molecular weight excluding hydrogens is 306 g/mol. The van der Waals surface area contributed by atoms with Crippen molar-refractivity contribution in [3.8, 4) is 0 Å². The number of hydrogen-bond acceptors (Lipinski definition) is 6. The highest BCUT2D eigenvalue weighted by atomic mass is 32.2. The van der Waals surface area contributed by atoms with Crippen LogP contribution in [0.5, 0.6) is 0 Å². The van der Waals surface area contributed by atoms with E-state index in [1.807, 2.05) is 23.5 Å². The number of ether oxygens (including phenoxy) is 1. The summed E-state index contributed by atoms with van der Waals surface area (Å²) in [7, 11) is 0. The van der Waals surface area contributed by atoms with Crippen LogP contribution in [-0.2, 0) is 9.53 Å². The Bertz CT molecular complexity index is 316. The predicted octanol–water partition coefficient (Wildman–Crippen LogP) is 2.52. The minimum atomic E-state index is -0.351. The minimum absolute atomic E-state index is 0.320. The van der Waals surface area contributed by atoms with E-state index in [1.165, 1.54) is 5.08 Å². The highest BCUT2D eigenvalue weighted by Gasteiger charge is 2.16. The van der Waals surface area contributed by atoms with E-state index in [0.717, 1.165) is 15.8 Å². The Balaban J connectivity index is 2.06. The van der Waals surface area contributed by atoms with E-state index >= 15 is 0 Å². The molecule has 18 heavy (non-hydrogen) atoms. The van der Waals surface area contributed by atoms with Crippen LogP contribution in [0.15, 0.2) is 12.2 Å². The fourth-order valence-corrected chi connectivity index (χ4v) is 5.42. The molecule has 1 N–H and O–H groups in total. The maximum absolute atomic E-state index is 11.1. The summed E-state index contributed by atoms with van der Waals surface area (Å²) in [5.74, 6) is 1.96. The molecular formula is C11H17NO2S4. The molecule has 0 aromatic rings. The van der Waals surface area contributed by atoms with E-state index in [-0.39, 0.29) is 5.97 Å². The highest BCUT2D eigenvalue weighted by molar-refractivity contribution is 8.25. The second kappa shape index (κ2) is 9.12. The van der Waals surface area contributed by atoms with Gasteiger partial charge in [-0.1, -0.05) is 30.6 Å². The summed E-state index contributed by atoms with van der Waals surface area (Å²) < 4.78 is 5.75. The van der Waals surface area contributed by atoms with Gasteiger partial charge in [0.25, 0.3) is 0 Å².